The van der Waals surface area contributed by atoms with Crippen LogP contribution in [0.4, 0.5) is 0 Å². The van der Waals surface area contributed by atoms with Gasteiger partial charge in [0.05, 0.1) is 11.4 Å². The molecule has 1 amide bonds. The molecular formula is C16H27IN4O3S. The van der Waals surface area contributed by atoms with Gasteiger partial charge in [-0.15, -0.1) is 24.0 Å². The summed E-state index contributed by atoms with van der Waals surface area (Å²) in [4.78, 5) is 15.9. The topological polar surface area (TPSA) is 99.7 Å². The first-order valence-corrected chi connectivity index (χ1v) is 9.67. The van der Waals surface area contributed by atoms with Gasteiger partial charge < -0.3 is 16.0 Å². The van der Waals surface area contributed by atoms with E-state index in [4.69, 9.17) is 0 Å². The molecule has 0 unspecified atom stereocenters. The molecule has 3 N–H and O–H groups in total. The minimum absolute atomic E-state index is 0. The molecule has 7 nitrogen and oxygen atoms in total. The van der Waals surface area contributed by atoms with E-state index in [-0.39, 0.29) is 36.4 Å². The highest BCUT2D eigenvalue weighted by Gasteiger charge is 2.11. The first kappa shape index (κ1) is 23.6. The van der Waals surface area contributed by atoms with Gasteiger partial charge in [0.1, 0.15) is 0 Å². The van der Waals surface area contributed by atoms with Crippen LogP contribution < -0.4 is 16.0 Å². The molecule has 1 rings (SSSR count). The van der Waals surface area contributed by atoms with Crippen molar-refractivity contribution in [1.82, 2.24) is 16.0 Å². The monoisotopic (exact) mass is 482 g/mol. The van der Waals surface area contributed by atoms with Gasteiger partial charge in [-0.05, 0) is 30.5 Å². The first-order chi connectivity index (χ1) is 11.3. The third kappa shape index (κ3) is 8.52. The molecule has 1 aromatic rings. The van der Waals surface area contributed by atoms with Gasteiger partial charge in [0.25, 0.3) is 0 Å². The van der Waals surface area contributed by atoms with E-state index in [1.165, 1.54) is 6.26 Å². The number of carbonyl (C=O) groups is 1. The maximum absolute atomic E-state index is 11.6. The van der Waals surface area contributed by atoms with E-state index in [1.807, 2.05) is 13.0 Å². The van der Waals surface area contributed by atoms with Crippen LogP contribution in [0.3, 0.4) is 0 Å². The van der Waals surface area contributed by atoms with Crippen LogP contribution in [-0.4, -0.2) is 46.7 Å². The van der Waals surface area contributed by atoms with E-state index < -0.39 is 9.84 Å². The molecule has 142 valence electrons. The molecular weight excluding hydrogens is 455 g/mol. The summed E-state index contributed by atoms with van der Waals surface area (Å²) in [5, 5.41) is 8.79. The molecule has 0 aliphatic rings. The number of sulfone groups is 1. The fraction of sp³-hybridized carbons (Fsp3) is 0.500. The van der Waals surface area contributed by atoms with Crippen molar-refractivity contribution in [3.63, 3.8) is 0 Å². The summed E-state index contributed by atoms with van der Waals surface area (Å²) in [7, 11) is -1.59. The number of amides is 1. The van der Waals surface area contributed by atoms with Crippen LogP contribution in [0.1, 0.15) is 24.5 Å². The van der Waals surface area contributed by atoms with E-state index in [0.717, 1.165) is 12.0 Å². The van der Waals surface area contributed by atoms with Crippen molar-refractivity contribution < 1.29 is 13.2 Å². The van der Waals surface area contributed by atoms with Gasteiger partial charge in [0.15, 0.2) is 15.8 Å². The molecule has 0 saturated heterocycles. The van der Waals surface area contributed by atoms with Crippen LogP contribution in [0.25, 0.3) is 0 Å². The molecule has 0 fully saturated rings. The fourth-order valence-electron chi connectivity index (χ4n) is 2.13. The average Bonchev–Trinajstić information content (AvgIpc) is 2.51. The highest BCUT2D eigenvalue weighted by Crippen LogP contribution is 2.16. The summed E-state index contributed by atoms with van der Waals surface area (Å²) in [6.07, 6.45) is 2.09. The Kier molecular flexibility index (Phi) is 10.7. The van der Waals surface area contributed by atoms with Crippen molar-refractivity contribution in [2.75, 3.05) is 26.4 Å². The van der Waals surface area contributed by atoms with Crippen LogP contribution >= 0.6 is 24.0 Å². The van der Waals surface area contributed by atoms with Gasteiger partial charge in [-0.25, -0.2) is 8.42 Å². The lowest BCUT2D eigenvalue weighted by Crippen LogP contribution is -2.43. The number of rotatable bonds is 7. The maximum atomic E-state index is 11.6. The number of nitrogens with one attached hydrogen (secondary N) is 3. The lowest BCUT2D eigenvalue weighted by atomic mass is 10.1. The highest BCUT2D eigenvalue weighted by atomic mass is 127. The standard InChI is InChI=1S/C16H26N4O3S.HI/c1-5-8-18-15(21)11-20-16(17-3)19-10-13-6-7-14(12(2)9-13)24(4,22)23;/h6-7,9H,5,8,10-11H2,1-4H3,(H,18,21)(H2,17,19,20);1H. The Balaban J connectivity index is 0.00000576. The molecule has 0 spiro atoms. The lowest BCUT2D eigenvalue weighted by Gasteiger charge is -2.13. The van der Waals surface area contributed by atoms with Crippen molar-refractivity contribution in [2.24, 2.45) is 4.99 Å². The van der Waals surface area contributed by atoms with Gasteiger partial charge in [-0.2, -0.15) is 0 Å². The van der Waals surface area contributed by atoms with E-state index in [9.17, 15) is 13.2 Å². The second kappa shape index (κ2) is 11.3. The Bertz CT molecular complexity index is 705. The third-order valence-corrected chi connectivity index (χ3v) is 4.57. The minimum Gasteiger partial charge on any atom is -0.355 e. The fourth-order valence-corrected chi connectivity index (χ4v) is 3.09. The van der Waals surface area contributed by atoms with Crippen molar-refractivity contribution in [2.45, 2.75) is 31.7 Å². The quantitative estimate of drug-likeness (QED) is 0.308. The largest absolute Gasteiger partial charge is 0.355 e. The van der Waals surface area contributed by atoms with E-state index >= 15 is 0 Å². The number of aryl methyl sites for hydroxylation is 1. The van der Waals surface area contributed by atoms with Crippen molar-refractivity contribution >= 4 is 45.7 Å². The van der Waals surface area contributed by atoms with Crippen LogP contribution in [0.5, 0.6) is 0 Å². The van der Waals surface area contributed by atoms with Gasteiger partial charge in [0.2, 0.25) is 5.91 Å². The number of carbonyl (C=O) groups excluding carboxylic acids is 1. The van der Waals surface area contributed by atoms with Gasteiger partial charge in [-0.3, -0.25) is 9.79 Å². The third-order valence-electron chi connectivity index (χ3n) is 3.31. The number of aliphatic imine (C=N–C) groups is 1. The zero-order valence-corrected chi connectivity index (χ0v) is 18.2. The predicted molar refractivity (Wildman–Crippen MR) is 111 cm³/mol. The van der Waals surface area contributed by atoms with E-state index in [0.29, 0.717) is 29.5 Å². The molecule has 0 saturated carbocycles. The van der Waals surface area contributed by atoms with Gasteiger partial charge >= 0.3 is 0 Å². The molecule has 0 aromatic heterocycles. The second-order valence-electron chi connectivity index (χ2n) is 5.50. The van der Waals surface area contributed by atoms with Gasteiger partial charge in [-0.1, -0.05) is 19.1 Å². The Morgan fingerprint density at radius 1 is 1.20 bits per heavy atom. The highest BCUT2D eigenvalue weighted by molar-refractivity contribution is 14.0. The van der Waals surface area contributed by atoms with Crippen molar-refractivity contribution in [3.8, 4) is 0 Å². The summed E-state index contributed by atoms with van der Waals surface area (Å²) in [6.45, 7) is 5.03. The zero-order chi connectivity index (χ0) is 18.2. The molecule has 0 heterocycles. The molecule has 0 aliphatic carbocycles. The Morgan fingerprint density at radius 2 is 1.88 bits per heavy atom. The summed E-state index contributed by atoms with van der Waals surface area (Å²) < 4.78 is 23.2. The number of hydrogen-bond acceptors (Lipinski definition) is 4. The summed E-state index contributed by atoms with van der Waals surface area (Å²) in [5.74, 6) is 0.416. The Labute approximate surface area is 167 Å². The van der Waals surface area contributed by atoms with Gasteiger partial charge in [0, 0.05) is 26.4 Å². The molecule has 0 bridgehead atoms. The van der Waals surface area contributed by atoms with Crippen molar-refractivity contribution in [3.05, 3.63) is 29.3 Å². The summed E-state index contributed by atoms with van der Waals surface area (Å²) in [5.41, 5.74) is 1.64. The maximum Gasteiger partial charge on any atom is 0.239 e. The number of halogens is 1. The van der Waals surface area contributed by atoms with Crippen LogP contribution in [0.2, 0.25) is 0 Å². The molecule has 9 heteroatoms. The summed E-state index contributed by atoms with van der Waals surface area (Å²) >= 11 is 0. The van der Waals surface area contributed by atoms with Crippen LogP contribution in [0, 0.1) is 6.92 Å². The van der Waals surface area contributed by atoms with E-state index in [1.54, 1.807) is 26.1 Å². The lowest BCUT2D eigenvalue weighted by molar-refractivity contribution is -0.120. The first-order valence-electron chi connectivity index (χ1n) is 7.78. The number of guanidine groups is 1. The van der Waals surface area contributed by atoms with Crippen LogP contribution in [-0.2, 0) is 21.2 Å². The normalized spacial score (nSPS) is 11.4. The number of hydrogen-bond donors (Lipinski definition) is 3. The number of nitrogens with zero attached hydrogens (tertiary/aromatic N) is 1. The second-order valence-corrected chi connectivity index (χ2v) is 7.49. The molecule has 0 aliphatic heterocycles. The Hall–Kier alpha value is -1.36. The SMILES string of the molecule is CCCNC(=O)CNC(=NC)NCc1ccc(S(C)(=O)=O)c(C)c1.I. The average molecular weight is 482 g/mol. The zero-order valence-electron chi connectivity index (χ0n) is 15.0. The van der Waals surface area contributed by atoms with Crippen LogP contribution in [0.15, 0.2) is 28.1 Å². The predicted octanol–water partition coefficient (Wildman–Crippen LogP) is 1.21. The molecule has 1 aromatic carbocycles. The van der Waals surface area contributed by atoms with Crippen molar-refractivity contribution in [1.29, 1.82) is 0 Å². The Morgan fingerprint density at radius 3 is 2.40 bits per heavy atom. The van der Waals surface area contributed by atoms with E-state index in [2.05, 4.69) is 20.9 Å². The molecule has 0 atom stereocenters. The minimum atomic E-state index is -3.21. The number of benzene rings is 1. The smallest absolute Gasteiger partial charge is 0.239 e. The molecule has 0 radical (unpaired) electrons. The molecule has 25 heavy (non-hydrogen) atoms. The summed E-state index contributed by atoms with van der Waals surface area (Å²) in [6, 6.07) is 5.19.